The number of nitrogens with one attached hydrogen (secondary N) is 1. The first-order chi connectivity index (χ1) is 14.0. The Morgan fingerprint density at radius 3 is 2.59 bits per heavy atom. The number of nitrogens with zero attached hydrogens (tertiary/aromatic N) is 4. The van der Waals surface area contributed by atoms with E-state index in [0.717, 1.165) is 22.3 Å². The molecule has 29 heavy (non-hydrogen) atoms. The highest BCUT2D eigenvalue weighted by Crippen LogP contribution is 2.26. The lowest BCUT2D eigenvalue weighted by Crippen LogP contribution is -2.06. The zero-order chi connectivity index (χ0) is 20.4. The van der Waals surface area contributed by atoms with Gasteiger partial charge in [-0.3, -0.25) is 4.79 Å². The van der Waals surface area contributed by atoms with E-state index in [1.807, 2.05) is 41.0 Å². The summed E-state index contributed by atoms with van der Waals surface area (Å²) in [6.07, 6.45) is 1.80. The average Bonchev–Trinajstić information content (AvgIpc) is 3.17. The smallest absolute Gasteiger partial charge is 0.166 e. The van der Waals surface area contributed by atoms with E-state index in [4.69, 9.17) is 9.97 Å². The van der Waals surface area contributed by atoms with Crippen LogP contribution in [0.15, 0.2) is 60.9 Å². The first-order valence-electron chi connectivity index (χ1n) is 9.66. The molecule has 4 aromatic rings. The van der Waals surface area contributed by atoms with Crippen LogP contribution < -0.4 is 5.32 Å². The Bertz CT molecular complexity index is 1160. The first-order valence-corrected chi connectivity index (χ1v) is 9.66. The zero-order valence-corrected chi connectivity index (χ0v) is 16.8. The molecule has 0 aliphatic heterocycles. The van der Waals surface area contributed by atoms with Gasteiger partial charge in [0.25, 0.3) is 0 Å². The summed E-state index contributed by atoms with van der Waals surface area (Å²) in [5, 5.41) is 3.41. The lowest BCUT2D eigenvalue weighted by molar-refractivity contribution is 0.101. The molecule has 4 rings (SSSR count). The third kappa shape index (κ3) is 3.87. The molecule has 6 nitrogen and oxygen atoms in total. The van der Waals surface area contributed by atoms with E-state index in [0.29, 0.717) is 23.8 Å². The van der Waals surface area contributed by atoms with Gasteiger partial charge in [-0.25, -0.2) is 15.0 Å². The molecule has 2 heterocycles. The SMILES string of the molecule is CC(=O)c1cccc(-c2nc(NCc3ccccc3)c3ncn(C(C)C)c3n2)c1. The van der Waals surface area contributed by atoms with Gasteiger partial charge in [-0.15, -0.1) is 0 Å². The van der Waals surface area contributed by atoms with Crippen LogP contribution >= 0.6 is 0 Å². The maximum Gasteiger partial charge on any atom is 0.166 e. The first kappa shape index (κ1) is 18.8. The van der Waals surface area contributed by atoms with E-state index in [9.17, 15) is 4.79 Å². The van der Waals surface area contributed by atoms with Crippen molar-refractivity contribution in [1.82, 2.24) is 19.5 Å². The largest absolute Gasteiger partial charge is 0.364 e. The molecule has 0 saturated heterocycles. The van der Waals surface area contributed by atoms with E-state index in [1.165, 1.54) is 0 Å². The van der Waals surface area contributed by atoms with E-state index >= 15 is 0 Å². The standard InChI is InChI=1S/C23H23N5O/c1-15(2)28-14-25-20-22(24-13-17-8-5-4-6-9-17)26-21(27-23(20)28)19-11-7-10-18(12-19)16(3)29/h4-12,14-15H,13H2,1-3H3,(H,24,26,27). The topological polar surface area (TPSA) is 72.7 Å². The van der Waals surface area contributed by atoms with Crippen molar-refractivity contribution in [2.45, 2.75) is 33.4 Å². The summed E-state index contributed by atoms with van der Waals surface area (Å²) in [5.74, 6) is 1.27. The number of Topliss-reactive ketones (excluding diaryl/α,β-unsaturated/α-hetero) is 1. The Morgan fingerprint density at radius 2 is 1.86 bits per heavy atom. The Hall–Kier alpha value is -3.54. The number of hydrogen-bond acceptors (Lipinski definition) is 5. The molecule has 0 bridgehead atoms. The summed E-state index contributed by atoms with van der Waals surface area (Å²) in [5.41, 5.74) is 4.11. The van der Waals surface area contributed by atoms with Crippen molar-refractivity contribution >= 4 is 22.8 Å². The number of benzene rings is 2. The number of aromatic nitrogens is 4. The summed E-state index contributed by atoms with van der Waals surface area (Å²) >= 11 is 0. The van der Waals surface area contributed by atoms with Gasteiger partial charge in [-0.1, -0.05) is 48.5 Å². The van der Waals surface area contributed by atoms with Gasteiger partial charge in [-0.05, 0) is 32.4 Å². The predicted octanol–water partition coefficient (Wildman–Crippen LogP) is 4.89. The molecule has 146 valence electrons. The van der Waals surface area contributed by atoms with Gasteiger partial charge in [0, 0.05) is 23.7 Å². The van der Waals surface area contributed by atoms with Gasteiger partial charge in [0.15, 0.2) is 23.1 Å². The van der Waals surface area contributed by atoms with Crippen molar-refractivity contribution in [1.29, 1.82) is 0 Å². The van der Waals surface area contributed by atoms with Gasteiger partial charge in [0.2, 0.25) is 0 Å². The fourth-order valence-corrected chi connectivity index (χ4v) is 3.21. The third-order valence-electron chi connectivity index (χ3n) is 4.81. The predicted molar refractivity (Wildman–Crippen MR) is 115 cm³/mol. The molecule has 0 fully saturated rings. The second-order valence-electron chi connectivity index (χ2n) is 7.29. The number of rotatable bonds is 6. The normalized spacial score (nSPS) is 11.2. The number of carbonyl (C=O) groups excluding carboxylic acids is 1. The number of anilines is 1. The molecule has 6 heteroatoms. The number of fused-ring (bicyclic) bond motifs is 1. The van der Waals surface area contributed by atoms with Crippen LogP contribution in [0.25, 0.3) is 22.6 Å². The molecule has 1 N–H and O–H groups in total. The number of carbonyl (C=O) groups is 1. The average molecular weight is 385 g/mol. The number of ketones is 1. The highest BCUT2D eigenvalue weighted by Gasteiger charge is 2.16. The maximum absolute atomic E-state index is 11.8. The van der Waals surface area contributed by atoms with Crippen molar-refractivity contribution in [2.75, 3.05) is 5.32 Å². The summed E-state index contributed by atoms with van der Waals surface area (Å²) in [7, 11) is 0. The van der Waals surface area contributed by atoms with Gasteiger partial charge in [0.1, 0.15) is 5.52 Å². The molecular weight excluding hydrogens is 362 g/mol. The van der Waals surface area contributed by atoms with Crippen LogP contribution in [-0.2, 0) is 6.54 Å². The second kappa shape index (κ2) is 7.83. The minimum absolute atomic E-state index is 0.0163. The molecule has 0 aliphatic rings. The number of imidazole rings is 1. The maximum atomic E-state index is 11.8. The number of hydrogen-bond donors (Lipinski definition) is 1. The summed E-state index contributed by atoms with van der Waals surface area (Å²) in [6, 6.07) is 17.8. The molecule has 0 aliphatic carbocycles. The van der Waals surface area contributed by atoms with E-state index in [2.05, 4.69) is 36.3 Å². The minimum Gasteiger partial charge on any atom is -0.364 e. The van der Waals surface area contributed by atoms with E-state index in [1.54, 1.807) is 19.3 Å². The van der Waals surface area contributed by atoms with Crippen LogP contribution in [0.4, 0.5) is 5.82 Å². The second-order valence-corrected chi connectivity index (χ2v) is 7.29. The molecule has 0 amide bonds. The zero-order valence-electron chi connectivity index (χ0n) is 16.8. The quantitative estimate of drug-likeness (QED) is 0.479. The van der Waals surface area contributed by atoms with Crippen LogP contribution in [0.5, 0.6) is 0 Å². The summed E-state index contributed by atoms with van der Waals surface area (Å²) in [6.45, 7) is 6.38. The van der Waals surface area contributed by atoms with Crippen molar-refractivity contribution in [3.8, 4) is 11.4 Å². The fourth-order valence-electron chi connectivity index (χ4n) is 3.21. The fraction of sp³-hybridized carbons (Fsp3) is 0.217. The summed E-state index contributed by atoms with van der Waals surface area (Å²) in [4.78, 5) is 25.9. The molecule has 0 spiro atoms. The van der Waals surface area contributed by atoms with Crippen molar-refractivity contribution in [3.05, 3.63) is 72.1 Å². The van der Waals surface area contributed by atoms with E-state index < -0.39 is 0 Å². The lowest BCUT2D eigenvalue weighted by Gasteiger charge is -2.12. The molecule has 0 radical (unpaired) electrons. The Kier molecular flexibility index (Phi) is 5.08. The van der Waals surface area contributed by atoms with Crippen LogP contribution in [-0.4, -0.2) is 25.3 Å². The monoisotopic (exact) mass is 385 g/mol. The van der Waals surface area contributed by atoms with E-state index in [-0.39, 0.29) is 11.8 Å². The van der Waals surface area contributed by atoms with Crippen LogP contribution in [0.1, 0.15) is 42.7 Å². The van der Waals surface area contributed by atoms with Gasteiger partial charge in [0.05, 0.1) is 6.33 Å². The van der Waals surface area contributed by atoms with Crippen molar-refractivity contribution in [2.24, 2.45) is 0 Å². The summed E-state index contributed by atoms with van der Waals surface area (Å²) < 4.78 is 2.03. The van der Waals surface area contributed by atoms with Crippen LogP contribution in [0.2, 0.25) is 0 Å². The Balaban J connectivity index is 1.81. The molecule has 0 unspecified atom stereocenters. The van der Waals surface area contributed by atoms with Gasteiger partial charge >= 0.3 is 0 Å². The lowest BCUT2D eigenvalue weighted by atomic mass is 10.1. The molecular formula is C23H23N5O. The van der Waals surface area contributed by atoms with Crippen molar-refractivity contribution in [3.63, 3.8) is 0 Å². The molecule has 2 aromatic heterocycles. The highest BCUT2D eigenvalue weighted by molar-refractivity contribution is 5.95. The van der Waals surface area contributed by atoms with Gasteiger partial charge in [-0.2, -0.15) is 0 Å². The molecule has 0 atom stereocenters. The van der Waals surface area contributed by atoms with Crippen LogP contribution in [0.3, 0.4) is 0 Å². The minimum atomic E-state index is 0.0163. The van der Waals surface area contributed by atoms with Crippen LogP contribution in [0, 0.1) is 0 Å². The van der Waals surface area contributed by atoms with Crippen molar-refractivity contribution < 1.29 is 4.79 Å². The molecule has 2 aromatic carbocycles. The third-order valence-corrected chi connectivity index (χ3v) is 4.81. The Morgan fingerprint density at radius 1 is 1.07 bits per heavy atom. The van der Waals surface area contributed by atoms with Gasteiger partial charge < -0.3 is 9.88 Å². The molecule has 0 saturated carbocycles. The highest BCUT2D eigenvalue weighted by atomic mass is 16.1. The Labute approximate surface area is 169 Å².